The average molecular weight is 317 g/mol. The van der Waals surface area contributed by atoms with Gasteiger partial charge in [-0.3, -0.25) is 4.79 Å². The first-order chi connectivity index (χ1) is 10.6. The van der Waals surface area contributed by atoms with E-state index in [9.17, 15) is 4.79 Å². The molecule has 0 radical (unpaired) electrons. The molecule has 0 heterocycles. The number of halogens is 1. The number of amides is 1. The quantitative estimate of drug-likeness (QED) is 0.821. The predicted octanol–water partition coefficient (Wildman–Crippen LogP) is 4.54. The van der Waals surface area contributed by atoms with Gasteiger partial charge in [-0.05, 0) is 36.2 Å². The van der Waals surface area contributed by atoms with E-state index in [0.29, 0.717) is 6.42 Å². The van der Waals surface area contributed by atoms with Gasteiger partial charge < -0.3 is 10.6 Å². The molecular weight excluding hydrogens is 296 g/mol. The van der Waals surface area contributed by atoms with Crippen molar-refractivity contribution < 1.29 is 4.79 Å². The minimum atomic E-state index is 0.0256. The Morgan fingerprint density at radius 2 is 1.82 bits per heavy atom. The summed E-state index contributed by atoms with van der Waals surface area (Å²) in [5.41, 5.74) is 3.08. The van der Waals surface area contributed by atoms with E-state index in [1.807, 2.05) is 55.5 Å². The largest absolute Gasteiger partial charge is 0.326 e. The lowest BCUT2D eigenvalue weighted by atomic mass is 10.1. The zero-order chi connectivity index (χ0) is 15.9. The number of carbonyl (C=O) groups is 1. The molecule has 2 N–H and O–H groups in total. The van der Waals surface area contributed by atoms with E-state index in [-0.39, 0.29) is 11.9 Å². The van der Waals surface area contributed by atoms with Crippen molar-refractivity contribution in [2.75, 3.05) is 5.32 Å². The fraction of sp³-hybridized carbons (Fsp3) is 0.278. The Kier molecular flexibility index (Phi) is 5.99. The number of rotatable bonds is 6. The van der Waals surface area contributed by atoms with E-state index in [2.05, 4.69) is 17.6 Å². The van der Waals surface area contributed by atoms with Crippen LogP contribution in [-0.2, 0) is 11.3 Å². The van der Waals surface area contributed by atoms with E-state index >= 15 is 0 Å². The molecule has 0 unspecified atom stereocenters. The van der Waals surface area contributed by atoms with Crippen LogP contribution >= 0.6 is 11.6 Å². The summed E-state index contributed by atoms with van der Waals surface area (Å²) in [6.07, 6.45) is 0.484. The van der Waals surface area contributed by atoms with Crippen LogP contribution < -0.4 is 10.6 Å². The summed E-state index contributed by atoms with van der Waals surface area (Å²) in [6.45, 7) is 4.66. The highest BCUT2D eigenvalue weighted by Crippen LogP contribution is 2.19. The first kappa shape index (κ1) is 16.5. The van der Waals surface area contributed by atoms with Gasteiger partial charge in [0.1, 0.15) is 0 Å². The second kappa shape index (κ2) is 7.97. The summed E-state index contributed by atoms with van der Waals surface area (Å²) < 4.78 is 0. The zero-order valence-electron chi connectivity index (χ0n) is 12.9. The highest BCUT2D eigenvalue weighted by atomic mass is 35.5. The first-order valence-electron chi connectivity index (χ1n) is 7.46. The molecule has 2 aromatic rings. The maximum Gasteiger partial charge on any atom is 0.224 e. The van der Waals surface area contributed by atoms with Crippen molar-refractivity contribution in [2.45, 2.75) is 32.9 Å². The van der Waals surface area contributed by atoms with Crippen LogP contribution in [0.1, 0.15) is 37.4 Å². The second-order valence-corrected chi connectivity index (χ2v) is 5.62. The van der Waals surface area contributed by atoms with Gasteiger partial charge in [-0.1, -0.05) is 48.9 Å². The molecule has 0 fully saturated rings. The lowest BCUT2D eigenvalue weighted by molar-refractivity contribution is -0.115. The normalized spacial score (nSPS) is 12.0. The third kappa shape index (κ3) is 4.58. The van der Waals surface area contributed by atoms with Gasteiger partial charge >= 0.3 is 0 Å². The van der Waals surface area contributed by atoms with Gasteiger partial charge in [-0.15, -0.1) is 0 Å². The summed E-state index contributed by atoms with van der Waals surface area (Å²) in [5.74, 6) is 0.0256. The Hall–Kier alpha value is -1.84. The number of benzene rings is 2. The lowest BCUT2D eigenvalue weighted by Crippen LogP contribution is -2.18. The number of hydrogen-bond acceptors (Lipinski definition) is 2. The van der Waals surface area contributed by atoms with Crippen LogP contribution in [0.2, 0.25) is 5.02 Å². The van der Waals surface area contributed by atoms with Crippen molar-refractivity contribution in [3.8, 4) is 0 Å². The van der Waals surface area contributed by atoms with Crippen LogP contribution in [0.15, 0.2) is 48.5 Å². The van der Waals surface area contributed by atoms with Crippen LogP contribution in [0, 0.1) is 0 Å². The van der Waals surface area contributed by atoms with E-state index in [1.165, 1.54) is 5.56 Å². The topological polar surface area (TPSA) is 41.1 Å². The molecule has 2 rings (SSSR count). The van der Waals surface area contributed by atoms with Gasteiger partial charge in [0, 0.05) is 29.7 Å². The van der Waals surface area contributed by atoms with Crippen LogP contribution in [-0.4, -0.2) is 5.91 Å². The molecular formula is C18H21ClN2O. The molecule has 4 heteroatoms. The minimum Gasteiger partial charge on any atom is -0.326 e. The maximum atomic E-state index is 11.4. The molecule has 2 aromatic carbocycles. The summed E-state index contributed by atoms with van der Waals surface area (Å²) in [7, 11) is 0. The van der Waals surface area contributed by atoms with Crippen LogP contribution in [0.4, 0.5) is 5.69 Å². The summed E-state index contributed by atoms with van der Waals surface area (Å²) in [4.78, 5) is 11.4. The van der Waals surface area contributed by atoms with E-state index in [4.69, 9.17) is 11.6 Å². The molecule has 0 aliphatic rings. The fourth-order valence-electron chi connectivity index (χ4n) is 2.13. The van der Waals surface area contributed by atoms with Gasteiger partial charge in [0.25, 0.3) is 0 Å². The van der Waals surface area contributed by atoms with Crippen molar-refractivity contribution in [1.82, 2.24) is 5.32 Å². The SMILES string of the molecule is CCC(=O)Nc1ccc([C@H](C)NCc2ccccc2Cl)cc1. The monoisotopic (exact) mass is 316 g/mol. The molecule has 0 aliphatic carbocycles. The number of carbonyl (C=O) groups excluding carboxylic acids is 1. The lowest BCUT2D eigenvalue weighted by Gasteiger charge is -2.15. The Bertz CT molecular complexity index is 625. The standard InChI is InChI=1S/C18H21ClN2O/c1-3-18(22)21-16-10-8-14(9-11-16)13(2)20-12-15-6-4-5-7-17(15)19/h4-11,13,20H,3,12H2,1-2H3,(H,21,22)/t13-/m0/s1. The minimum absolute atomic E-state index is 0.0256. The Labute approximate surface area is 136 Å². The zero-order valence-corrected chi connectivity index (χ0v) is 13.7. The summed E-state index contributed by atoms with van der Waals surface area (Å²) >= 11 is 6.16. The van der Waals surface area contributed by atoms with Crippen molar-refractivity contribution in [2.24, 2.45) is 0 Å². The third-order valence-electron chi connectivity index (χ3n) is 3.57. The van der Waals surface area contributed by atoms with Crippen molar-refractivity contribution >= 4 is 23.2 Å². The molecule has 0 spiro atoms. The Morgan fingerprint density at radius 3 is 2.45 bits per heavy atom. The Morgan fingerprint density at radius 1 is 1.14 bits per heavy atom. The van der Waals surface area contributed by atoms with Gasteiger partial charge in [0.05, 0.1) is 0 Å². The van der Waals surface area contributed by atoms with Crippen LogP contribution in [0.25, 0.3) is 0 Å². The summed E-state index contributed by atoms with van der Waals surface area (Å²) in [5, 5.41) is 7.08. The number of anilines is 1. The van der Waals surface area contributed by atoms with Crippen molar-refractivity contribution in [3.05, 3.63) is 64.7 Å². The molecule has 116 valence electrons. The van der Waals surface area contributed by atoms with Gasteiger partial charge in [-0.25, -0.2) is 0 Å². The molecule has 0 aliphatic heterocycles. The first-order valence-corrected chi connectivity index (χ1v) is 7.84. The highest BCUT2D eigenvalue weighted by molar-refractivity contribution is 6.31. The molecule has 0 saturated heterocycles. The van der Waals surface area contributed by atoms with Gasteiger partial charge in [-0.2, -0.15) is 0 Å². The smallest absolute Gasteiger partial charge is 0.224 e. The highest BCUT2D eigenvalue weighted by Gasteiger charge is 2.07. The summed E-state index contributed by atoms with van der Waals surface area (Å²) in [6, 6.07) is 15.9. The molecule has 0 saturated carbocycles. The molecule has 1 atom stereocenters. The number of hydrogen-bond donors (Lipinski definition) is 2. The molecule has 3 nitrogen and oxygen atoms in total. The fourth-order valence-corrected chi connectivity index (χ4v) is 2.33. The second-order valence-electron chi connectivity index (χ2n) is 5.22. The molecule has 0 bridgehead atoms. The Balaban J connectivity index is 1.94. The van der Waals surface area contributed by atoms with Crippen molar-refractivity contribution in [1.29, 1.82) is 0 Å². The average Bonchev–Trinajstić information content (AvgIpc) is 2.54. The van der Waals surface area contributed by atoms with Crippen LogP contribution in [0.3, 0.4) is 0 Å². The van der Waals surface area contributed by atoms with Gasteiger partial charge in [0.15, 0.2) is 0 Å². The van der Waals surface area contributed by atoms with E-state index < -0.39 is 0 Å². The molecule has 1 amide bonds. The van der Waals surface area contributed by atoms with Crippen molar-refractivity contribution in [3.63, 3.8) is 0 Å². The third-order valence-corrected chi connectivity index (χ3v) is 3.94. The predicted molar refractivity (Wildman–Crippen MR) is 92.1 cm³/mol. The van der Waals surface area contributed by atoms with Gasteiger partial charge in [0.2, 0.25) is 5.91 Å². The maximum absolute atomic E-state index is 11.4. The van der Waals surface area contributed by atoms with Crippen LogP contribution in [0.5, 0.6) is 0 Å². The number of nitrogens with one attached hydrogen (secondary N) is 2. The molecule has 22 heavy (non-hydrogen) atoms. The molecule has 0 aromatic heterocycles. The van der Waals surface area contributed by atoms with E-state index in [0.717, 1.165) is 22.8 Å². The van der Waals surface area contributed by atoms with E-state index in [1.54, 1.807) is 0 Å².